The lowest BCUT2D eigenvalue weighted by atomic mass is 10.1. The van der Waals surface area contributed by atoms with Crippen LogP contribution in [0.15, 0.2) is 23.2 Å². The van der Waals surface area contributed by atoms with Gasteiger partial charge in [-0.2, -0.15) is 0 Å². The molecule has 1 aromatic rings. The van der Waals surface area contributed by atoms with Crippen molar-refractivity contribution in [3.8, 4) is 0 Å². The van der Waals surface area contributed by atoms with Crippen LogP contribution in [0.3, 0.4) is 0 Å². The predicted molar refractivity (Wildman–Crippen MR) is 87.1 cm³/mol. The van der Waals surface area contributed by atoms with E-state index in [4.69, 9.17) is 9.84 Å². The number of ether oxygens (including phenoxy) is 1. The van der Waals surface area contributed by atoms with Gasteiger partial charge in [0, 0.05) is 17.9 Å². The highest BCUT2D eigenvalue weighted by Crippen LogP contribution is 2.33. The van der Waals surface area contributed by atoms with E-state index in [9.17, 15) is 9.59 Å². The van der Waals surface area contributed by atoms with Crippen LogP contribution in [0.2, 0.25) is 0 Å². The molecule has 2 aliphatic heterocycles. The fourth-order valence-electron chi connectivity index (χ4n) is 2.87. The van der Waals surface area contributed by atoms with Crippen LogP contribution in [0.1, 0.15) is 5.56 Å². The van der Waals surface area contributed by atoms with Gasteiger partial charge in [0.15, 0.2) is 0 Å². The maximum Gasteiger partial charge on any atom is 0.414 e. The Balaban J connectivity index is 1.79. The Morgan fingerprint density at radius 2 is 2.35 bits per heavy atom. The molecule has 0 spiro atoms. The van der Waals surface area contributed by atoms with Crippen LogP contribution < -0.4 is 9.80 Å². The van der Waals surface area contributed by atoms with Crippen molar-refractivity contribution in [2.75, 3.05) is 36.0 Å². The van der Waals surface area contributed by atoms with Crippen LogP contribution in [-0.2, 0) is 16.0 Å². The van der Waals surface area contributed by atoms with Crippen LogP contribution >= 0.6 is 12.2 Å². The standard InChI is InChI=1S/C15H15N3O4S/c19-8-14(20)17-4-3-10-5-11(1-2-13(10)17)18-7-12(6-16-9-23)22-15(18)21/h1-2,5,12,19H,3-4,6-8H2. The highest BCUT2D eigenvalue weighted by molar-refractivity contribution is 7.78. The van der Waals surface area contributed by atoms with Crippen LogP contribution in [0.5, 0.6) is 0 Å². The molecule has 1 unspecified atom stereocenters. The van der Waals surface area contributed by atoms with E-state index in [0.717, 1.165) is 16.9 Å². The first-order valence-electron chi connectivity index (χ1n) is 7.20. The van der Waals surface area contributed by atoms with Crippen LogP contribution in [0, 0.1) is 0 Å². The number of cyclic esters (lactones) is 1. The minimum atomic E-state index is -0.512. The summed E-state index contributed by atoms with van der Waals surface area (Å²) < 4.78 is 5.24. The van der Waals surface area contributed by atoms with Gasteiger partial charge in [0.2, 0.25) is 0 Å². The van der Waals surface area contributed by atoms with Crippen molar-refractivity contribution in [1.82, 2.24) is 0 Å². The zero-order valence-corrected chi connectivity index (χ0v) is 13.1. The highest BCUT2D eigenvalue weighted by atomic mass is 32.1. The normalized spacial score (nSPS) is 19.3. The van der Waals surface area contributed by atoms with E-state index in [0.29, 0.717) is 26.1 Å². The maximum atomic E-state index is 12.0. The summed E-state index contributed by atoms with van der Waals surface area (Å²) in [6, 6.07) is 5.45. The molecule has 7 nitrogen and oxygen atoms in total. The predicted octanol–water partition coefficient (Wildman–Crippen LogP) is 0.996. The molecule has 8 heteroatoms. The molecule has 1 aromatic carbocycles. The number of anilines is 2. The summed E-state index contributed by atoms with van der Waals surface area (Å²) in [5, 5.41) is 11.3. The Morgan fingerprint density at radius 3 is 3.09 bits per heavy atom. The summed E-state index contributed by atoms with van der Waals surface area (Å²) in [6.07, 6.45) is -0.0642. The third kappa shape index (κ3) is 2.96. The molecule has 1 atom stereocenters. The van der Waals surface area contributed by atoms with E-state index in [1.54, 1.807) is 21.9 Å². The number of nitrogens with zero attached hydrogens (tertiary/aromatic N) is 3. The summed E-state index contributed by atoms with van der Waals surface area (Å²) in [6.45, 7) is 0.725. The lowest BCUT2D eigenvalue weighted by Crippen LogP contribution is -2.31. The molecular weight excluding hydrogens is 318 g/mol. The minimum Gasteiger partial charge on any atom is -0.442 e. The Morgan fingerprint density at radius 1 is 1.52 bits per heavy atom. The molecule has 2 aliphatic rings. The monoisotopic (exact) mass is 333 g/mol. The molecular formula is C15H15N3O4S. The lowest BCUT2D eigenvalue weighted by molar-refractivity contribution is -0.121. The smallest absolute Gasteiger partial charge is 0.414 e. The third-order valence-electron chi connectivity index (χ3n) is 3.94. The van der Waals surface area contributed by atoms with E-state index >= 15 is 0 Å². The van der Waals surface area contributed by atoms with Gasteiger partial charge in [0.05, 0.1) is 18.3 Å². The Hall–Kier alpha value is -2.28. The summed E-state index contributed by atoms with van der Waals surface area (Å²) in [4.78, 5) is 30.6. The van der Waals surface area contributed by atoms with Gasteiger partial charge in [0.25, 0.3) is 5.91 Å². The molecule has 0 aromatic heterocycles. The number of hydrogen-bond acceptors (Lipinski definition) is 6. The Bertz CT molecular complexity index is 702. The number of amides is 2. The minimum absolute atomic E-state index is 0.301. The Kier molecular flexibility index (Phi) is 4.38. The van der Waals surface area contributed by atoms with Gasteiger partial charge in [-0.1, -0.05) is 0 Å². The lowest BCUT2D eigenvalue weighted by Gasteiger charge is -2.18. The third-order valence-corrected chi connectivity index (χ3v) is 4.07. The summed E-state index contributed by atoms with van der Waals surface area (Å²) in [7, 11) is 0. The van der Waals surface area contributed by atoms with E-state index in [1.165, 1.54) is 0 Å². The van der Waals surface area contributed by atoms with Crippen molar-refractivity contribution in [3.05, 3.63) is 23.8 Å². The summed E-state index contributed by atoms with van der Waals surface area (Å²) >= 11 is 4.51. The molecule has 2 heterocycles. The number of benzene rings is 1. The second-order valence-corrected chi connectivity index (χ2v) is 5.50. The number of fused-ring (bicyclic) bond motifs is 1. The van der Waals surface area contributed by atoms with Gasteiger partial charge in [-0.15, -0.1) is 0 Å². The largest absolute Gasteiger partial charge is 0.442 e. The van der Waals surface area contributed by atoms with Gasteiger partial charge in [-0.3, -0.25) is 9.69 Å². The second kappa shape index (κ2) is 6.45. The molecule has 1 fully saturated rings. The van der Waals surface area contributed by atoms with Crippen molar-refractivity contribution >= 4 is 40.8 Å². The van der Waals surface area contributed by atoms with Crippen molar-refractivity contribution in [2.24, 2.45) is 4.99 Å². The van der Waals surface area contributed by atoms with Gasteiger partial charge in [-0.25, -0.2) is 9.79 Å². The number of thiocarbonyl (C=S) groups is 1. The zero-order chi connectivity index (χ0) is 16.4. The number of aliphatic imine (C=N–C) groups is 1. The molecule has 0 bridgehead atoms. The van der Waals surface area contributed by atoms with Crippen LogP contribution in [0.25, 0.3) is 0 Å². The Labute approximate surface area is 138 Å². The van der Waals surface area contributed by atoms with Crippen molar-refractivity contribution in [2.45, 2.75) is 12.5 Å². The first kappa shape index (κ1) is 15.6. The van der Waals surface area contributed by atoms with E-state index in [1.807, 2.05) is 6.07 Å². The van der Waals surface area contributed by atoms with Crippen LogP contribution in [-0.4, -0.2) is 54.6 Å². The fourth-order valence-corrected chi connectivity index (χ4v) is 2.94. The molecule has 1 N–H and O–H groups in total. The average Bonchev–Trinajstić information content (AvgIpc) is 3.14. The number of rotatable bonds is 4. The average molecular weight is 333 g/mol. The maximum absolute atomic E-state index is 12.0. The molecule has 23 heavy (non-hydrogen) atoms. The molecule has 0 aliphatic carbocycles. The van der Waals surface area contributed by atoms with Crippen LogP contribution in [0.4, 0.5) is 16.2 Å². The summed E-state index contributed by atoms with van der Waals surface area (Å²) in [5.41, 5.74) is 2.47. The SMILES string of the molecule is O=C1OC(CN=C=S)CN1c1ccc2c(c1)CCN2C(=O)CO. The number of carbonyl (C=O) groups is 2. The summed E-state index contributed by atoms with van der Waals surface area (Å²) in [5.74, 6) is -0.324. The molecule has 2 amide bonds. The molecule has 3 rings (SSSR count). The second-order valence-electron chi connectivity index (χ2n) is 5.31. The van der Waals surface area contributed by atoms with Gasteiger partial charge in [0.1, 0.15) is 12.7 Å². The van der Waals surface area contributed by atoms with Crippen molar-refractivity contribution < 1.29 is 19.4 Å². The number of aliphatic hydroxyl groups excluding tert-OH is 1. The fraction of sp³-hybridized carbons (Fsp3) is 0.400. The first-order chi connectivity index (χ1) is 11.1. The molecule has 120 valence electrons. The van der Waals surface area contributed by atoms with E-state index in [2.05, 4.69) is 22.4 Å². The zero-order valence-electron chi connectivity index (χ0n) is 12.3. The van der Waals surface area contributed by atoms with E-state index in [-0.39, 0.29) is 12.0 Å². The number of carbonyl (C=O) groups excluding carboxylic acids is 2. The first-order valence-corrected chi connectivity index (χ1v) is 7.61. The number of hydrogen-bond donors (Lipinski definition) is 1. The number of isothiocyanates is 1. The van der Waals surface area contributed by atoms with Crippen molar-refractivity contribution in [3.63, 3.8) is 0 Å². The molecule has 1 saturated heterocycles. The topological polar surface area (TPSA) is 82.4 Å². The molecule has 0 radical (unpaired) electrons. The molecule has 0 saturated carbocycles. The van der Waals surface area contributed by atoms with E-state index < -0.39 is 12.7 Å². The van der Waals surface area contributed by atoms with Gasteiger partial charge < -0.3 is 14.7 Å². The van der Waals surface area contributed by atoms with Gasteiger partial charge >= 0.3 is 6.09 Å². The van der Waals surface area contributed by atoms with Crippen molar-refractivity contribution in [1.29, 1.82) is 0 Å². The number of aliphatic hydroxyl groups is 1. The van der Waals surface area contributed by atoms with Gasteiger partial charge in [-0.05, 0) is 42.4 Å². The highest BCUT2D eigenvalue weighted by Gasteiger charge is 2.33. The quantitative estimate of drug-likeness (QED) is 0.656.